The van der Waals surface area contributed by atoms with Gasteiger partial charge in [0.15, 0.2) is 8.07 Å². The molecule has 0 bridgehead atoms. The second-order valence-corrected chi connectivity index (χ2v) is 26.4. The molecule has 0 aliphatic heterocycles. The first-order valence-electron chi connectivity index (χ1n) is 20.5. The molecule has 1 aliphatic carbocycles. The lowest BCUT2D eigenvalue weighted by molar-refractivity contribution is 0.569. The van der Waals surface area contributed by atoms with Crippen LogP contribution in [-0.4, -0.2) is 8.07 Å². The van der Waals surface area contributed by atoms with Gasteiger partial charge in [-0.2, -0.15) is 0 Å². The van der Waals surface area contributed by atoms with E-state index in [-0.39, 0.29) is 32.5 Å². The third-order valence-corrected chi connectivity index (χ3v) is 16.5. The van der Waals surface area contributed by atoms with Gasteiger partial charge in [-0.05, 0) is 99.0 Å². The quantitative estimate of drug-likeness (QED) is 0.141. The highest BCUT2D eigenvalue weighted by molar-refractivity contribution is 7.16. The van der Waals surface area contributed by atoms with Gasteiger partial charge in [0.1, 0.15) is 0 Å². The predicted molar refractivity (Wildman–Crippen MR) is 243 cm³/mol. The Morgan fingerprint density at radius 3 is 0.907 bits per heavy atom. The van der Waals surface area contributed by atoms with E-state index in [1.165, 1.54) is 60.1 Å². The summed E-state index contributed by atoms with van der Waals surface area (Å²) < 4.78 is 0. The summed E-state index contributed by atoms with van der Waals surface area (Å²) in [5.41, 5.74) is 11.1. The smallest absolute Gasteiger partial charge is 0.0730 e. The minimum absolute atomic E-state index is 0.0126. The van der Waals surface area contributed by atoms with Crippen molar-refractivity contribution in [2.75, 3.05) is 0 Å². The first-order chi connectivity index (χ1) is 24.5. The average Bonchev–Trinajstić information content (AvgIpc) is 3.53. The summed E-state index contributed by atoms with van der Waals surface area (Å²) in [5, 5.41) is 6.09. The van der Waals surface area contributed by atoms with Crippen LogP contribution in [0.3, 0.4) is 0 Å². The van der Waals surface area contributed by atoms with Gasteiger partial charge < -0.3 is 0 Å². The Bertz CT molecular complexity index is 1780. The lowest BCUT2D eigenvalue weighted by atomic mass is 9.80. The van der Waals surface area contributed by atoms with Crippen LogP contribution >= 0.6 is 0 Å². The van der Waals surface area contributed by atoms with Gasteiger partial charge in [-0.1, -0.05) is 227 Å². The van der Waals surface area contributed by atoms with E-state index in [1.807, 2.05) is 0 Å². The van der Waals surface area contributed by atoms with Crippen molar-refractivity contribution in [2.24, 2.45) is 0 Å². The lowest BCUT2D eigenvalue weighted by Crippen LogP contribution is -2.69. The molecular formula is C53H72Si. The van der Waals surface area contributed by atoms with Crippen molar-refractivity contribution < 1.29 is 0 Å². The molecule has 0 spiro atoms. The fourth-order valence-corrected chi connectivity index (χ4v) is 12.9. The summed E-state index contributed by atoms with van der Waals surface area (Å²) in [4.78, 5) is 0. The summed E-state index contributed by atoms with van der Waals surface area (Å²) in [6.07, 6.45) is 6.07. The molecule has 0 saturated heterocycles. The van der Waals surface area contributed by atoms with Gasteiger partial charge in [-0.3, -0.25) is 0 Å². The maximum atomic E-state index is 2.64. The van der Waals surface area contributed by atoms with Gasteiger partial charge >= 0.3 is 0 Å². The van der Waals surface area contributed by atoms with E-state index in [0.717, 1.165) is 6.42 Å². The molecule has 0 heterocycles. The Balaban J connectivity index is 2.13. The molecule has 0 N–H and O–H groups in total. The van der Waals surface area contributed by atoms with Crippen LogP contribution < -0.4 is 15.6 Å². The molecule has 1 heteroatoms. The molecule has 4 aromatic rings. The molecule has 0 aromatic heterocycles. The number of hydrogen-bond donors (Lipinski definition) is 0. The minimum Gasteiger partial charge on any atom is -0.0730 e. The van der Waals surface area contributed by atoms with E-state index in [9.17, 15) is 0 Å². The molecule has 0 radical (unpaired) electrons. The minimum atomic E-state index is -3.02. The number of rotatable bonds is 5. The Morgan fingerprint density at radius 2 is 0.648 bits per heavy atom. The fraction of sp³-hybridized carbons (Fsp3) is 0.472. The monoisotopic (exact) mass is 737 g/mol. The molecule has 0 saturated carbocycles. The highest BCUT2D eigenvalue weighted by Crippen LogP contribution is 2.38. The van der Waals surface area contributed by atoms with Crippen LogP contribution in [0.2, 0.25) is 0 Å². The Kier molecular flexibility index (Phi) is 10.8. The molecule has 54 heavy (non-hydrogen) atoms. The topological polar surface area (TPSA) is 0 Å². The SMILES string of the molecule is CC(C)(C)c1cc(C(C)(C)C)cc([Si](C2=CC(c3ccccc3)=CC2)(c2cc(C(C)(C)C)cc(C(C)(C)C)c2)c2cc(C(C)(C)C)cc(C(C)(C)C)c2)c1. The van der Waals surface area contributed by atoms with Crippen LogP contribution in [-0.2, 0) is 32.5 Å². The van der Waals surface area contributed by atoms with Crippen molar-refractivity contribution >= 4 is 29.2 Å². The normalized spacial score (nSPS) is 15.0. The number of hydrogen-bond acceptors (Lipinski definition) is 0. The zero-order chi connectivity index (χ0) is 40.4. The van der Waals surface area contributed by atoms with Crippen molar-refractivity contribution in [1.82, 2.24) is 0 Å². The van der Waals surface area contributed by atoms with Crippen molar-refractivity contribution in [3.8, 4) is 0 Å². The molecule has 288 valence electrons. The third kappa shape index (κ3) is 8.52. The molecule has 0 atom stereocenters. The summed E-state index contributed by atoms with van der Waals surface area (Å²) >= 11 is 0. The van der Waals surface area contributed by atoms with E-state index in [1.54, 1.807) is 5.20 Å². The van der Waals surface area contributed by atoms with Crippen molar-refractivity contribution in [3.63, 3.8) is 0 Å². The first kappa shape index (κ1) is 41.7. The molecule has 0 amide bonds. The molecule has 5 rings (SSSR count). The van der Waals surface area contributed by atoms with E-state index in [0.29, 0.717) is 0 Å². The highest BCUT2D eigenvalue weighted by Gasteiger charge is 2.47. The van der Waals surface area contributed by atoms with Gasteiger partial charge in [0.2, 0.25) is 0 Å². The van der Waals surface area contributed by atoms with Crippen LogP contribution in [0, 0.1) is 0 Å². The van der Waals surface area contributed by atoms with Gasteiger partial charge in [0, 0.05) is 0 Å². The van der Waals surface area contributed by atoms with E-state index >= 15 is 0 Å². The van der Waals surface area contributed by atoms with Crippen molar-refractivity contribution in [2.45, 2.75) is 164 Å². The van der Waals surface area contributed by atoms with Gasteiger partial charge in [0.05, 0.1) is 0 Å². The van der Waals surface area contributed by atoms with Gasteiger partial charge in [-0.15, -0.1) is 0 Å². The van der Waals surface area contributed by atoms with Crippen molar-refractivity contribution in [1.29, 1.82) is 0 Å². The fourth-order valence-electron chi connectivity index (χ4n) is 7.81. The second-order valence-electron chi connectivity index (χ2n) is 22.5. The summed E-state index contributed by atoms with van der Waals surface area (Å²) in [7, 11) is -3.02. The maximum absolute atomic E-state index is 3.02. The number of benzene rings is 4. The second kappa shape index (κ2) is 13.9. The van der Waals surface area contributed by atoms with E-state index < -0.39 is 8.07 Å². The van der Waals surface area contributed by atoms with Crippen LogP contribution in [0.15, 0.2) is 102 Å². The highest BCUT2D eigenvalue weighted by atomic mass is 28.3. The molecule has 0 nitrogen and oxygen atoms in total. The molecule has 0 unspecified atom stereocenters. The van der Waals surface area contributed by atoms with E-state index in [2.05, 4.69) is 222 Å². The summed E-state index contributed by atoms with van der Waals surface area (Å²) in [6, 6.07) is 34.4. The summed E-state index contributed by atoms with van der Waals surface area (Å²) in [5.74, 6) is 0. The maximum Gasteiger partial charge on any atom is 0.176 e. The Morgan fingerprint density at radius 1 is 0.370 bits per heavy atom. The molecule has 1 aliphatic rings. The number of allylic oxidation sites excluding steroid dienone is 4. The lowest BCUT2D eigenvalue weighted by Gasteiger charge is -2.40. The third-order valence-electron chi connectivity index (χ3n) is 11.8. The van der Waals surface area contributed by atoms with Crippen LogP contribution in [0.1, 0.15) is 170 Å². The first-order valence-corrected chi connectivity index (χ1v) is 22.5. The van der Waals surface area contributed by atoms with Crippen LogP contribution in [0.5, 0.6) is 0 Å². The largest absolute Gasteiger partial charge is 0.176 e. The Hall–Kier alpha value is -3.42. The van der Waals surface area contributed by atoms with Gasteiger partial charge in [-0.25, -0.2) is 0 Å². The van der Waals surface area contributed by atoms with Gasteiger partial charge in [0.25, 0.3) is 0 Å². The average molecular weight is 737 g/mol. The Labute approximate surface area is 332 Å². The summed E-state index contributed by atoms with van der Waals surface area (Å²) in [6.45, 7) is 43.0. The van der Waals surface area contributed by atoms with Crippen molar-refractivity contribution in [3.05, 3.63) is 141 Å². The van der Waals surface area contributed by atoms with Crippen LogP contribution in [0.4, 0.5) is 0 Å². The molecular weight excluding hydrogens is 665 g/mol. The zero-order valence-corrected chi connectivity index (χ0v) is 38.4. The zero-order valence-electron chi connectivity index (χ0n) is 37.4. The standard InChI is InChI=1S/C53H72Si/c1-48(2,3)38-27-39(49(4,5)6)31-45(30-38)54(44-25-24-37(26-44)36-22-20-19-21-23-36,46-32-40(50(7,8)9)28-41(33-46)51(10,11)12)47-34-42(52(13,14)15)29-43(35-47)53(16,17)18/h19-24,26-35H,25H2,1-18H3. The van der Waals surface area contributed by atoms with E-state index in [4.69, 9.17) is 0 Å². The molecule has 0 fully saturated rings. The molecule has 4 aromatic carbocycles. The van der Waals surface area contributed by atoms with Crippen LogP contribution in [0.25, 0.3) is 5.57 Å². The predicted octanol–water partition coefficient (Wildman–Crippen LogP) is 12.9.